The topological polar surface area (TPSA) is 56.6 Å². The number of methoxy groups -OCH3 is 2. The summed E-state index contributed by atoms with van der Waals surface area (Å²) in [6.07, 6.45) is 8.84. The molecule has 0 spiro atoms. The molecule has 0 atom stereocenters. The molecule has 154 valence electrons. The van der Waals surface area contributed by atoms with E-state index in [4.69, 9.17) is 14.6 Å². The first kappa shape index (κ1) is 20.7. The summed E-state index contributed by atoms with van der Waals surface area (Å²) >= 11 is 0. The fraction of sp³-hybridized carbons (Fsp3) is 0.391. The summed E-state index contributed by atoms with van der Waals surface area (Å²) in [6, 6.07) is 7.72. The molecule has 1 aromatic carbocycles. The van der Waals surface area contributed by atoms with Crippen molar-refractivity contribution in [3.05, 3.63) is 59.4 Å². The maximum Gasteiger partial charge on any atom is 0.274 e. The molecule has 6 nitrogen and oxygen atoms in total. The summed E-state index contributed by atoms with van der Waals surface area (Å²) in [5.74, 6) is 1.31. The highest BCUT2D eigenvalue weighted by atomic mass is 16.5. The number of allylic oxidation sites excluding steroid dienone is 3. The van der Waals surface area contributed by atoms with Crippen molar-refractivity contribution in [2.75, 3.05) is 27.3 Å². The third-order valence-electron chi connectivity index (χ3n) is 5.03. The van der Waals surface area contributed by atoms with E-state index in [-0.39, 0.29) is 5.91 Å². The van der Waals surface area contributed by atoms with E-state index >= 15 is 0 Å². The van der Waals surface area contributed by atoms with Gasteiger partial charge in [-0.25, -0.2) is 4.68 Å². The average molecular weight is 396 g/mol. The lowest BCUT2D eigenvalue weighted by Gasteiger charge is -2.18. The van der Waals surface area contributed by atoms with Crippen LogP contribution in [0.2, 0.25) is 0 Å². The third-order valence-corrected chi connectivity index (χ3v) is 5.03. The number of ether oxygens (including phenoxy) is 2. The number of carbonyl (C=O) groups excluding carboxylic acids is 1. The number of aromatic nitrogens is 2. The van der Waals surface area contributed by atoms with E-state index in [1.54, 1.807) is 14.2 Å². The third kappa shape index (κ3) is 4.36. The molecule has 0 aliphatic carbocycles. The molecule has 0 fully saturated rings. The first-order valence-electron chi connectivity index (χ1n) is 10.1. The van der Waals surface area contributed by atoms with E-state index in [9.17, 15) is 4.79 Å². The molecule has 0 radical (unpaired) electrons. The number of rotatable bonds is 7. The van der Waals surface area contributed by atoms with Crippen LogP contribution in [0.4, 0.5) is 0 Å². The molecule has 1 amide bonds. The molecule has 29 heavy (non-hydrogen) atoms. The maximum absolute atomic E-state index is 13.0. The standard InChI is InChI=1S/C23H29N3O3/c1-5-14-25(6-2)23(27)19-16-18-10-8-7-9-11-20(26(18)24-19)17-12-13-21(28-3)22(15-17)29-4/h7,9,11-13,15-16H,5-6,8,10,14H2,1-4H3/b9-7-,20-11-. The van der Waals surface area contributed by atoms with E-state index in [1.165, 1.54) is 0 Å². The molecule has 1 aromatic heterocycles. The summed E-state index contributed by atoms with van der Waals surface area (Å²) in [5.41, 5.74) is 3.35. The lowest BCUT2D eigenvalue weighted by Crippen LogP contribution is -2.31. The zero-order valence-electron chi connectivity index (χ0n) is 17.6. The van der Waals surface area contributed by atoms with Gasteiger partial charge in [-0.15, -0.1) is 0 Å². The van der Waals surface area contributed by atoms with Gasteiger partial charge in [-0.3, -0.25) is 4.79 Å². The molecule has 0 unspecified atom stereocenters. The Bertz CT molecular complexity index is 927. The van der Waals surface area contributed by atoms with Crippen molar-refractivity contribution in [1.82, 2.24) is 14.7 Å². The van der Waals surface area contributed by atoms with E-state index < -0.39 is 0 Å². The largest absolute Gasteiger partial charge is 0.493 e. The lowest BCUT2D eigenvalue weighted by atomic mass is 10.1. The minimum atomic E-state index is -0.0202. The molecule has 2 aromatic rings. The van der Waals surface area contributed by atoms with Crippen molar-refractivity contribution < 1.29 is 14.3 Å². The SMILES string of the molecule is CCCN(CC)C(=O)c1cc2n(n1)/C(c1ccc(OC)c(OC)c1)=C\C=C/CC2. The van der Waals surface area contributed by atoms with Gasteiger partial charge in [0.15, 0.2) is 17.2 Å². The molecule has 0 bridgehead atoms. The Balaban J connectivity index is 2.05. The molecule has 6 heteroatoms. The summed E-state index contributed by atoms with van der Waals surface area (Å²) in [4.78, 5) is 14.8. The Morgan fingerprint density at radius 2 is 1.97 bits per heavy atom. The number of nitrogens with zero attached hydrogens (tertiary/aromatic N) is 3. The fourth-order valence-corrected chi connectivity index (χ4v) is 3.52. The zero-order chi connectivity index (χ0) is 20.8. The fourth-order valence-electron chi connectivity index (χ4n) is 3.52. The highest BCUT2D eigenvalue weighted by Crippen LogP contribution is 2.32. The van der Waals surface area contributed by atoms with Gasteiger partial charge in [0, 0.05) is 24.3 Å². The number of amides is 1. The lowest BCUT2D eigenvalue weighted by molar-refractivity contribution is 0.0758. The van der Waals surface area contributed by atoms with Crippen LogP contribution < -0.4 is 9.47 Å². The molecule has 1 aliphatic rings. The van der Waals surface area contributed by atoms with Crippen LogP contribution in [0, 0.1) is 0 Å². The summed E-state index contributed by atoms with van der Waals surface area (Å²) in [5, 5.41) is 4.71. The minimum Gasteiger partial charge on any atom is -0.493 e. The van der Waals surface area contributed by atoms with Gasteiger partial charge in [-0.05, 0) is 56.5 Å². The highest BCUT2D eigenvalue weighted by Gasteiger charge is 2.21. The van der Waals surface area contributed by atoms with Crippen molar-refractivity contribution in [3.63, 3.8) is 0 Å². The number of fused-ring (bicyclic) bond motifs is 1. The monoisotopic (exact) mass is 395 g/mol. The van der Waals surface area contributed by atoms with Crippen molar-refractivity contribution in [2.24, 2.45) is 0 Å². The van der Waals surface area contributed by atoms with Crippen molar-refractivity contribution in [2.45, 2.75) is 33.1 Å². The number of aryl methyl sites for hydroxylation is 1. The first-order valence-corrected chi connectivity index (χ1v) is 10.1. The van der Waals surface area contributed by atoms with Gasteiger partial charge >= 0.3 is 0 Å². The van der Waals surface area contributed by atoms with Gasteiger partial charge in [0.1, 0.15) is 0 Å². The van der Waals surface area contributed by atoms with Gasteiger partial charge in [-0.1, -0.05) is 19.1 Å². The van der Waals surface area contributed by atoms with Crippen LogP contribution in [0.1, 0.15) is 48.4 Å². The van der Waals surface area contributed by atoms with Gasteiger partial charge < -0.3 is 14.4 Å². The molecule has 0 N–H and O–H groups in total. The summed E-state index contributed by atoms with van der Waals surface area (Å²) in [7, 11) is 3.24. The second-order valence-electron chi connectivity index (χ2n) is 6.91. The Hall–Kier alpha value is -3.02. The van der Waals surface area contributed by atoms with Gasteiger partial charge in [-0.2, -0.15) is 5.10 Å². The van der Waals surface area contributed by atoms with E-state index in [0.29, 0.717) is 23.7 Å². The molecule has 1 aliphatic heterocycles. The van der Waals surface area contributed by atoms with E-state index in [1.807, 2.05) is 52.9 Å². The molecular formula is C23H29N3O3. The summed E-state index contributed by atoms with van der Waals surface area (Å²) in [6.45, 7) is 5.48. The molecule has 2 heterocycles. The average Bonchev–Trinajstić information content (AvgIpc) is 3.14. The van der Waals surface area contributed by atoms with Crippen molar-refractivity contribution in [3.8, 4) is 11.5 Å². The Morgan fingerprint density at radius 1 is 1.17 bits per heavy atom. The van der Waals surface area contributed by atoms with Crippen LogP contribution in [0.3, 0.4) is 0 Å². The van der Waals surface area contributed by atoms with Crippen molar-refractivity contribution in [1.29, 1.82) is 0 Å². The van der Waals surface area contributed by atoms with Crippen LogP contribution in [-0.4, -0.2) is 47.9 Å². The van der Waals surface area contributed by atoms with Gasteiger partial charge in [0.25, 0.3) is 5.91 Å². The second-order valence-corrected chi connectivity index (χ2v) is 6.91. The Kier molecular flexibility index (Phi) is 6.75. The van der Waals surface area contributed by atoms with Crippen LogP contribution in [0.25, 0.3) is 5.70 Å². The quantitative estimate of drug-likeness (QED) is 0.706. The number of hydrogen-bond donors (Lipinski definition) is 0. The maximum atomic E-state index is 13.0. The van der Waals surface area contributed by atoms with Crippen LogP contribution in [-0.2, 0) is 6.42 Å². The Labute approximate surface area is 172 Å². The number of benzene rings is 1. The Morgan fingerprint density at radius 3 is 2.66 bits per heavy atom. The predicted octanol–water partition coefficient (Wildman–Crippen LogP) is 4.16. The van der Waals surface area contributed by atoms with E-state index in [2.05, 4.69) is 13.0 Å². The number of carbonyl (C=O) groups is 1. The predicted molar refractivity (Wildman–Crippen MR) is 114 cm³/mol. The molecular weight excluding hydrogens is 366 g/mol. The van der Waals surface area contributed by atoms with Crippen LogP contribution >= 0.6 is 0 Å². The molecule has 0 saturated carbocycles. The summed E-state index contributed by atoms with van der Waals surface area (Å²) < 4.78 is 12.7. The van der Waals surface area contributed by atoms with Crippen LogP contribution in [0.5, 0.6) is 11.5 Å². The van der Waals surface area contributed by atoms with E-state index in [0.717, 1.165) is 42.8 Å². The molecule has 3 rings (SSSR count). The number of hydrogen-bond acceptors (Lipinski definition) is 4. The first-order chi connectivity index (χ1) is 14.1. The van der Waals surface area contributed by atoms with Crippen LogP contribution in [0.15, 0.2) is 42.5 Å². The smallest absolute Gasteiger partial charge is 0.274 e. The zero-order valence-corrected chi connectivity index (χ0v) is 17.6. The highest BCUT2D eigenvalue weighted by molar-refractivity contribution is 5.92. The normalized spacial score (nSPS) is 16.1. The minimum absolute atomic E-state index is 0.0202. The molecule has 0 saturated heterocycles. The van der Waals surface area contributed by atoms with Gasteiger partial charge in [0.2, 0.25) is 0 Å². The van der Waals surface area contributed by atoms with Gasteiger partial charge in [0.05, 0.1) is 19.9 Å². The van der Waals surface area contributed by atoms with Crippen molar-refractivity contribution >= 4 is 11.6 Å². The second kappa shape index (κ2) is 9.45.